The second-order valence-electron chi connectivity index (χ2n) is 2.54. The molecule has 13 heavy (non-hydrogen) atoms. The molecule has 3 nitrogen and oxygen atoms in total. The van der Waals surface area contributed by atoms with Crippen molar-refractivity contribution in [3.8, 4) is 0 Å². The van der Waals surface area contributed by atoms with Gasteiger partial charge in [-0.05, 0) is 18.2 Å². The van der Waals surface area contributed by atoms with Crippen molar-refractivity contribution in [3.63, 3.8) is 0 Å². The first-order valence-electron chi connectivity index (χ1n) is 3.66. The second-order valence-corrected chi connectivity index (χ2v) is 2.54. The average Bonchev–Trinajstić information content (AvgIpc) is 2.08. The third-order valence-electron chi connectivity index (χ3n) is 1.44. The van der Waals surface area contributed by atoms with Crippen LogP contribution in [0.3, 0.4) is 0 Å². The van der Waals surface area contributed by atoms with E-state index in [-0.39, 0.29) is 17.2 Å². The molecule has 0 fully saturated rings. The van der Waals surface area contributed by atoms with Crippen molar-refractivity contribution in [2.75, 3.05) is 5.32 Å². The number of anilines is 1. The van der Waals surface area contributed by atoms with E-state index in [1.165, 1.54) is 19.1 Å². The fourth-order valence-corrected chi connectivity index (χ4v) is 0.896. The molecular weight excluding hydrogens is 173 g/mol. The molecule has 0 bridgehead atoms. The third-order valence-corrected chi connectivity index (χ3v) is 1.44. The number of benzene rings is 1. The van der Waals surface area contributed by atoms with Gasteiger partial charge in [0.25, 0.3) is 0 Å². The van der Waals surface area contributed by atoms with Crippen LogP contribution in [0.2, 0.25) is 0 Å². The van der Waals surface area contributed by atoms with Gasteiger partial charge in [-0.15, -0.1) is 0 Å². The van der Waals surface area contributed by atoms with E-state index in [4.69, 9.17) is 0 Å². The molecule has 1 rings (SSSR count). The van der Waals surface area contributed by atoms with E-state index in [1.807, 2.05) is 0 Å². The zero-order valence-electron chi connectivity index (χ0n) is 7.00. The van der Waals surface area contributed by atoms with E-state index >= 15 is 0 Å². The zero-order valence-corrected chi connectivity index (χ0v) is 7.00. The zero-order chi connectivity index (χ0) is 9.84. The molecule has 1 N–H and O–H groups in total. The van der Waals surface area contributed by atoms with E-state index < -0.39 is 5.82 Å². The molecule has 0 saturated carbocycles. The van der Waals surface area contributed by atoms with Gasteiger partial charge >= 0.3 is 0 Å². The first kappa shape index (κ1) is 9.38. The molecule has 0 saturated heterocycles. The predicted molar refractivity (Wildman–Crippen MR) is 46.1 cm³/mol. The van der Waals surface area contributed by atoms with Gasteiger partial charge in [-0.2, -0.15) is 0 Å². The monoisotopic (exact) mass is 181 g/mol. The first-order chi connectivity index (χ1) is 6.13. The summed E-state index contributed by atoms with van der Waals surface area (Å²) in [7, 11) is 0. The standard InChI is InChI=1S/C9H8FNO2/c1-6(13)11-9-3-2-7(5-12)4-8(9)10/h2-5H,1H3,(H,11,13). The lowest BCUT2D eigenvalue weighted by atomic mass is 10.2. The predicted octanol–water partition coefficient (Wildman–Crippen LogP) is 1.60. The summed E-state index contributed by atoms with van der Waals surface area (Å²) in [5, 5.41) is 2.29. The maximum absolute atomic E-state index is 13.0. The van der Waals surface area contributed by atoms with Crippen molar-refractivity contribution < 1.29 is 14.0 Å². The fourth-order valence-electron chi connectivity index (χ4n) is 0.896. The van der Waals surface area contributed by atoms with E-state index in [0.717, 1.165) is 6.07 Å². The van der Waals surface area contributed by atoms with Gasteiger partial charge in [0.1, 0.15) is 12.1 Å². The number of halogens is 1. The summed E-state index contributed by atoms with van der Waals surface area (Å²) < 4.78 is 13.0. The molecule has 1 aromatic rings. The molecule has 0 aromatic heterocycles. The van der Waals surface area contributed by atoms with Crippen LogP contribution in [-0.4, -0.2) is 12.2 Å². The van der Waals surface area contributed by atoms with Gasteiger partial charge in [0.05, 0.1) is 5.69 Å². The summed E-state index contributed by atoms with van der Waals surface area (Å²) in [6, 6.07) is 3.85. The van der Waals surface area contributed by atoms with Crippen LogP contribution in [0.1, 0.15) is 17.3 Å². The Labute approximate surface area is 74.6 Å². The summed E-state index contributed by atoms with van der Waals surface area (Å²) in [4.78, 5) is 20.8. The highest BCUT2D eigenvalue weighted by Gasteiger charge is 2.03. The lowest BCUT2D eigenvalue weighted by Crippen LogP contribution is -2.07. The molecule has 1 amide bonds. The number of carbonyl (C=O) groups excluding carboxylic acids is 2. The van der Waals surface area contributed by atoms with Crippen molar-refractivity contribution in [3.05, 3.63) is 29.6 Å². The number of hydrogen-bond acceptors (Lipinski definition) is 2. The number of nitrogens with one attached hydrogen (secondary N) is 1. The average molecular weight is 181 g/mol. The quantitative estimate of drug-likeness (QED) is 0.704. The fraction of sp³-hybridized carbons (Fsp3) is 0.111. The maximum Gasteiger partial charge on any atom is 0.221 e. The molecule has 0 aliphatic carbocycles. The summed E-state index contributed by atoms with van der Waals surface area (Å²) in [5.74, 6) is -0.961. The summed E-state index contributed by atoms with van der Waals surface area (Å²) in [6.45, 7) is 1.28. The largest absolute Gasteiger partial charge is 0.324 e. The van der Waals surface area contributed by atoms with E-state index in [2.05, 4.69) is 5.32 Å². The number of aldehydes is 1. The van der Waals surface area contributed by atoms with Crippen LogP contribution in [0.25, 0.3) is 0 Å². The smallest absolute Gasteiger partial charge is 0.221 e. The van der Waals surface area contributed by atoms with Crippen LogP contribution < -0.4 is 5.32 Å². The van der Waals surface area contributed by atoms with Crippen LogP contribution in [0, 0.1) is 5.82 Å². The van der Waals surface area contributed by atoms with Crippen molar-refractivity contribution >= 4 is 17.9 Å². The molecule has 0 atom stereocenters. The topological polar surface area (TPSA) is 46.2 Å². The van der Waals surface area contributed by atoms with Gasteiger partial charge in [0, 0.05) is 12.5 Å². The molecule has 0 radical (unpaired) electrons. The molecule has 4 heteroatoms. The van der Waals surface area contributed by atoms with Crippen LogP contribution >= 0.6 is 0 Å². The number of carbonyl (C=O) groups is 2. The molecule has 0 unspecified atom stereocenters. The highest BCUT2D eigenvalue weighted by atomic mass is 19.1. The van der Waals surface area contributed by atoms with Gasteiger partial charge < -0.3 is 5.32 Å². The van der Waals surface area contributed by atoms with Gasteiger partial charge in [-0.25, -0.2) is 4.39 Å². The minimum atomic E-state index is -0.611. The van der Waals surface area contributed by atoms with Crippen molar-refractivity contribution in [2.24, 2.45) is 0 Å². The van der Waals surface area contributed by atoms with Gasteiger partial charge in [-0.1, -0.05) is 0 Å². The van der Waals surface area contributed by atoms with Crippen LogP contribution in [-0.2, 0) is 4.79 Å². The lowest BCUT2D eigenvalue weighted by Gasteiger charge is -2.02. The Kier molecular flexibility index (Phi) is 2.74. The molecule has 0 spiro atoms. The summed E-state index contributed by atoms with van der Waals surface area (Å²) in [6.07, 6.45) is 0.542. The normalized spacial score (nSPS) is 9.38. The molecule has 0 heterocycles. The van der Waals surface area contributed by atoms with E-state index in [1.54, 1.807) is 0 Å². The van der Waals surface area contributed by atoms with Gasteiger partial charge in [-0.3, -0.25) is 9.59 Å². The highest BCUT2D eigenvalue weighted by Crippen LogP contribution is 2.14. The van der Waals surface area contributed by atoms with Crippen LogP contribution in [0.15, 0.2) is 18.2 Å². The van der Waals surface area contributed by atoms with E-state index in [9.17, 15) is 14.0 Å². The Morgan fingerprint density at radius 1 is 1.54 bits per heavy atom. The minimum absolute atomic E-state index is 0.0816. The first-order valence-corrected chi connectivity index (χ1v) is 3.66. The van der Waals surface area contributed by atoms with Gasteiger partial charge in [0.2, 0.25) is 5.91 Å². The number of amides is 1. The number of hydrogen-bond donors (Lipinski definition) is 1. The van der Waals surface area contributed by atoms with Crippen molar-refractivity contribution in [1.82, 2.24) is 0 Å². The Balaban J connectivity index is 2.98. The molecule has 68 valence electrons. The lowest BCUT2D eigenvalue weighted by molar-refractivity contribution is -0.114. The highest BCUT2D eigenvalue weighted by molar-refractivity contribution is 5.89. The van der Waals surface area contributed by atoms with Crippen LogP contribution in [0.5, 0.6) is 0 Å². The SMILES string of the molecule is CC(=O)Nc1ccc(C=O)cc1F. The number of rotatable bonds is 2. The van der Waals surface area contributed by atoms with Crippen LogP contribution in [0.4, 0.5) is 10.1 Å². The summed E-state index contributed by atoms with van der Waals surface area (Å²) in [5.41, 5.74) is 0.324. The molecule has 1 aromatic carbocycles. The molecular formula is C9H8FNO2. The van der Waals surface area contributed by atoms with Crippen molar-refractivity contribution in [1.29, 1.82) is 0 Å². The minimum Gasteiger partial charge on any atom is -0.324 e. The Hall–Kier alpha value is -1.71. The molecule has 0 aliphatic rings. The van der Waals surface area contributed by atoms with Gasteiger partial charge in [0.15, 0.2) is 0 Å². The maximum atomic E-state index is 13.0. The molecule has 0 aliphatic heterocycles. The third kappa shape index (κ3) is 2.37. The Morgan fingerprint density at radius 2 is 2.23 bits per heavy atom. The van der Waals surface area contributed by atoms with E-state index in [0.29, 0.717) is 6.29 Å². The summed E-state index contributed by atoms with van der Waals surface area (Å²) >= 11 is 0. The van der Waals surface area contributed by atoms with Crippen molar-refractivity contribution in [2.45, 2.75) is 6.92 Å². The Bertz CT molecular complexity index is 349. The second kappa shape index (κ2) is 3.80. The Morgan fingerprint density at radius 3 is 2.69 bits per heavy atom.